The Kier molecular flexibility index (Phi) is 7.23. The second kappa shape index (κ2) is 10.3. The number of hydrogen-bond acceptors (Lipinski definition) is 5. The van der Waals surface area contributed by atoms with E-state index in [4.69, 9.17) is 21.1 Å². The Labute approximate surface area is 215 Å². The lowest BCUT2D eigenvalue weighted by Crippen LogP contribution is -2.54. The molecule has 0 aliphatic carbocycles. The molecule has 9 heteroatoms. The normalized spacial score (nSPS) is 14.8. The number of aryl methyl sites for hydroxylation is 1. The number of barbiturate groups is 1. The molecule has 0 aromatic heterocycles. The summed E-state index contributed by atoms with van der Waals surface area (Å²) in [7, 11) is 1.49. The van der Waals surface area contributed by atoms with E-state index in [1.165, 1.54) is 13.2 Å². The van der Waals surface area contributed by atoms with E-state index in [2.05, 4.69) is 21.2 Å². The number of halogens is 2. The lowest BCUT2D eigenvalue weighted by Gasteiger charge is -2.26. The van der Waals surface area contributed by atoms with Crippen LogP contribution >= 0.6 is 27.5 Å². The van der Waals surface area contributed by atoms with Gasteiger partial charge in [0.05, 0.1) is 12.8 Å². The van der Waals surface area contributed by atoms with Crippen LogP contribution in [0, 0.1) is 6.92 Å². The zero-order valence-electron chi connectivity index (χ0n) is 18.8. The predicted molar refractivity (Wildman–Crippen MR) is 137 cm³/mol. The lowest BCUT2D eigenvalue weighted by atomic mass is 10.1. The van der Waals surface area contributed by atoms with Crippen LogP contribution in [0.1, 0.15) is 16.7 Å². The Morgan fingerprint density at radius 1 is 1.03 bits per heavy atom. The molecule has 4 rings (SSSR count). The van der Waals surface area contributed by atoms with Crippen molar-refractivity contribution in [1.82, 2.24) is 5.32 Å². The second-order valence-corrected chi connectivity index (χ2v) is 8.94. The molecule has 178 valence electrons. The van der Waals surface area contributed by atoms with Crippen LogP contribution in [0.4, 0.5) is 10.5 Å². The maximum absolute atomic E-state index is 13.2. The lowest BCUT2D eigenvalue weighted by molar-refractivity contribution is -0.122. The van der Waals surface area contributed by atoms with Crippen LogP contribution in [0.3, 0.4) is 0 Å². The molecule has 0 saturated carbocycles. The monoisotopic (exact) mass is 554 g/mol. The Morgan fingerprint density at radius 3 is 2.51 bits per heavy atom. The van der Waals surface area contributed by atoms with Gasteiger partial charge in [0.1, 0.15) is 12.2 Å². The molecule has 1 aliphatic rings. The van der Waals surface area contributed by atoms with Crippen molar-refractivity contribution in [2.24, 2.45) is 0 Å². The number of carbonyl (C=O) groups is 3. The summed E-state index contributed by atoms with van der Waals surface area (Å²) >= 11 is 9.59. The van der Waals surface area contributed by atoms with Gasteiger partial charge < -0.3 is 9.47 Å². The van der Waals surface area contributed by atoms with Gasteiger partial charge in [-0.1, -0.05) is 51.8 Å². The average molecular weight is 556 g/mol. The number of carbonyl (C=O) groups excluding carboxylic acids is 3. The van der Waals surface area contributed by atoms with Crippen molar-refractivity contribution >= 4 is 57.1 Å². The van der Waals surface area contributed by atoms with E-state index >= 15 is 0 Å². The van der Waals surface area contributed by atoms with Crippen molar-refractivity contribution in [2.45, 2.75) is 13.5 Å². The number of nitrogens with zero attached hydrogens (tertiary/aromatic N) is 1. The largest absolute Gasteiger partial charge is 0.493 e. The van der Waals surface area contributed by atoms with Gasteiger partial charge in [-0.25, -0.2) is 9.69 Å². The van der Waals surface area contributed by atoms with Crippen LogP contribution in [-0.4, -0.2) is 25.0 Å². The fourth-order valence-corrected chi connectivity index (χ4v) is 3.93. The second-order valence-electron chi connectivity index (χ2n) is 7.68. The van der Waals surface area contributed by atoms with Gasteiger partial charge in [0.25, 0.3) is 11.8 Å². The van der Waals surface area contributed by atoms with Gasteiger partial charge in [0, 0.05) is 15.1 Å². The zero-order valence-corrected chi connectivity index (χ0v) is 21.1. The molecular formula is C26H20BrClN2O5. The molecule has 1 N–H and O–H groups in total. The Hall–Kier alpha value is -3.62. The first-order valence-electron chi connectivity index (χ1n) is 10.5. The molecule has 1 heterocycles. The molecule has 4 amide bonds. The summed E-state index contributed by atoms with van der Waals surface area (Å²) in [6, 6.07) is 16.6. The summed E-state index contributed by atoms with van der Waals surface area (Å²) in [5.74, 6) is -0.621. The number of hydrogen-bond donors (Lipinski definition) is 1. The predicted octanol–water partition coefficient (Wildman–Crippen LogP) is 5.66. The molecule has 1 saturated heterocycles. The van der Waals surface area contributed by atoms with Crippen molar-refractivity contribution < 1.29 is 23.9 Å². The molecule has 3 aromatic rings. The van der Waals surface area contributed by atoms with E-state index in [9.17, 15) is 14.4 Å². The molecule has 1 fully saturated rings. The summed E-state index contributed by atoms with van der Waals surface area (Å²) < 4.78 is 12.1. The third-order valence-corrected chi connectivity index (χ3v) is 6.60. The number of benzene rings is 3. The van der Waals surface area contributed by atoms with Crippen molar-refractivity contribution in [1.29, 1.82) is 0 Å². The van der Waals surface area contributed by atoms with Crippen LogP contribution in [0.25, 0.3) is 6.08 Å². The van der Waals surface area contributed by atoms with E-state index in [1.54, 1.807) is 42.5 Å². The Bertz CT molecular complexity index is 1370. The van der Waals surface area contributed by atoms with E-state index in [0.717, 1.165) is 20.5 Å². The summed E-state index contributed by atoms with van der Waals surface area (Å²) in [5, 5.41) is 2.82. The first-order chi connectivity index (χ1) is 16.8. The highest BCUT2D eigenvalue weighted by Crippen LogP contribution is 2.31. The molecule has 35 heavy (non-hydrogen) atoms. The van der Waals surface area contributed by atoms with Crippen LogP contribution in [0.2, 0.25) is 5.02 Å². The van der Waals surface area contributed by atoms with Gasteiger partial charge >= 0.3 is 6.03 Å². The zero-order chi connectivity index (χ0) is 25.1. The quantitative estimate of drug-likeness (QED) is 0.313. The molecule has 0 atom stereocenters. The van der Waals surface area contributed by atoms with Gasteiger partial charge in [0.15, 0.2) is 11.5 Å². The summed E-state index contributed by atoms with van der Waals surface area (Å²) in [6.07, 6.45) is 1.41. The molecule has 0 spiro atoms. The topological polar surface area (TPSA) is 84.9 Å². The maximum Gasteiger partial charge on any atom is 0.335 e. The van der Waals surface area contributed by atoms with Crippen molar-refractivity contribution in [3.63, 3.8) is 0 Å². The summed E-state index contributed by atoms with van der Waals surface area (Å²) in [6.45, 7) is 2.07. The third-order valence-electron chi connectivity index (χ3n) is 5.34. The van der Waals surface area contributed by atoms with Crippen molar-refractivity contribution in [2.75, 3.05) is 12.0 Å². The number of imide groups is 2. The smallest absolute Gasteiger partial charge is 0.335 e. The number of amides is 4. The number of rotatable bonds is 6. The van der Waals surface area contributed by atoms with Crippen molar-refractivity contribution in [3.8, 4) is 11.5 Å². The molecule has 0 bridgehead atoms. The fourth-order valence-electron chi connectivity index (χ4n) is 3.49. The van der Waals surface area contributed by atoms with Gasteiger partial charge in [0.2, 0.25) is 0 Å². The van der Waals surface area contributed by atoms with Gasteiger partial charge in [-0.2, -0.15) is 0 Å². The number of anilines is 1. The van der Waals surface area contributed by atoms with Crippen LogP contribution in [-0.2, 0) is 16.2 Å². The average Bonchev–Trinajstić information content (AvgIpc) is 2.83. The SMILES string of the molecule is COc1cc(/C=C2\C(=O)NC(=O)N(c3ccc(Br)c(C)c3)C2=O)ccc1OCc1ccccc1Cl. The first kappa shape index (κ1) is 24.5. The van der Waals surface area contributed by atoms with Gasteiger partial charge in [-0.05, 0) is 60.5 Å². The first-order valence-corrected chi connectivity index (χ1v) is 11.7. The maximum atomic E-state index is 13.2. The Balaban J connectivity index is 1.61. The van der Waals surface area contributed by atoms with Crippen LogP contribution in [0.5, 0.6) is 11.5 Å². The minimum atomic E-state index is -0.806. The third kappa shape index (κ3) is 5.23. The molecule has 1 aliphatic heterocycles. The Morgan fingerprint density at radius 2 is 1.80 bits per heavy atom. The minimum Gasteiger partial charge on any atom is -0.493 e. The van der Waals surface area contributed by atoms with E-state index < -0.39 is 17.8 Å². The standard InChI is InChI=1S/C26H20BrClN2O5/c1-15-11-18(8-9-20(15)27)30-25(32)19(24(31)29-26(30)33)12-16-7-10-22(23(13-16)34-2)35-14-17-5-3-4-6-21(17)28/h3-13H,14H2,1-2H3,(H,29,31,33)/b19-12+. The highest BCUT2D eigenvalue weighted by molar-refractivity contribution is 9.10. The fraction of sp³-hybridized carbons (Fsp3) is 0.115. The molecule has 0 unspecified atom stereocenters. The number of urea groups is 1. The van der Waals surface area contributed by atoms with Crippen LogP contribution < -0.4 is 19.7 Å². The molecule has 0 radical (unpaired) electrons. The minimum absolute atomic E-state index is 0.183. The summed E-state index contributed by atoms with van der Waals surface area (Å²) in [5.41, 5.74) is 2.35. The number of ether oxygens (including phenoxy) is 2. The number of nitrogens with one attached hydrogen (secondary N) is 1. The van der Waals surface area contributed by atoms with E-state index in [1.807, 2.05) is 25.1 Å². The van der Waals surface area contributed by atoms with Crippen molar-refractivity contribution in [3.05, 3.63) is 92.4 Å². The molecular weight excluding hydrogens is 536 g/mol. The van der Waals surface area contributed by atoms with E-state index in [0.29, 0.717) is 27.8 Å². The van der Waals surface area contributed by atoms with Gasteiger partial charge in [-0.15, -0.1) is 0 Å². The molecule has 3 aromatic carbocycles. The molecule has 7 nitrogen and oxygen atoms in total. The summed E-state index contributed by atoms with van der Waals surface area (Å²) in [4.78, 5) is 39.1. The van der Waals surface area contributed by atoms with Crippen LogP contribution in [0.15, 0.2) is 70.7 Å². The highest BCUT2D eigenvalue weighted by atomic mass is 79.9. The van der Waals surface area contributed by atoms with E-state index in [-0.39, 0.29) is 12.2 Å². The number of methoxy groups -OCH3 is 1. The highest BCUT2D eigenvalue weighted by Gasteiger charge is 2.37. The van der Waals surface area contributed by atoms with Gasteiger partial charge in [-0.3, -0.25) is 14.9 Å².